The average molecular weight is 472 g/mol. The molecule has 2 heterocycles. The van der Waals surface area contributed by atoms with Gasteiger partial charge in [0.2, 0.25) is 5.89 Å². The molecule has 178 valence electrons. The largest absolute Gasteiger partial charge is 0.436 e. The van der Waals surface area contributed by atoms with E-state index in [0.29, 0.717) is 42.5 Å². The summed E-state index contributed by atoms with van der Waals surface area (Å²) in [4.78, 5) is 20.0. The highest BCUT2D eigenvalue weighted by Crippen LogP contribution is 2.28. The summed E-state index contributed by atoms with van der Waals surface area (Å²) in [5.41, 5.74) is 2.97. The van der Waals surface area contributed by atoms with Gasteiger partial charge >= 0.3 is 0 Å². The molecule has 1 aliphatic heterocycles. The highest BCUT2D eigenvalue weighted by Gasteiger charge is 2.24. The van der Waals surface area contributed by atoms with Gasteiger partial charge in [-0.1, -0.05) is 54.6 Å². The number of aromatic nitrogens is 1. The zero-order valence-electron chi connectivity index (χ0n) is 19.2. The van der Waals surface area contributed by atoms with Crippen LogP contribution in [0.25, 0.3) is 22.8 Å². The van der Waals surface area contributed by atoms with Crippen molar-refractivity contribution in [3.05, 3.63) is 102 Å². The lowest BCUT2D eigenvalue weighted by Gasteiger charge is -2.35. The number of nitrogens with one attached hydrogen (secondary N) is 1. The molecule has 0 bridgehead atoms. The van der Waals surface area contributed by atoms with Crippen LogP contribution in [0.2, 0.25) is 0 Å². The Hall–Kier alpha value is -3.81. The molecule has 1 unspecified atom stereocenters. The van der Waals surface area contributed by atoms with E-state index in [2.05, 4.69) is 15.2 Å². The molecule has 1 saturated heterocycles. The maximum absolute atomic E-state index is 13.5. The number of hydrogen-bond acceptors (Lipinski definition) is 5. The lowest BCUT2D eigenvalue weighted by Crippen LogP contribution is -2.43. The molecule has 1 fully saturated rings. The van der Waals surface area contributed by atoms with Crippen LogP contribution in [0.15, 0.2) is 89.5 Å². The fraction of sp³-hybridized carbons (Fsp3) is 0.214. The van der Waals surface area contributed by atoms with Gasteiger partial charge < -0.3 is 14.5 Å². The van der Waals surface area contributed by atoms with Gasteiger partial charge in [-0.05, 0) is 29.8 Å². The summed E-state index contributed by atoms with van der Waals surface area (Å²) < 4.78 is 25.0. The lowest BCUT2D eigenvalue weighted by atomic mass is 10.0. The quantitative estimate of drug-likeness (QED) is 0.413. The van der Waals surface area contributed by atoms with Crippen LogP contribution in [0.3, 0.4) is 0 Å². The third-order valence-corrected chi connectivity index (χ3v) is 6.16. The van der Waals surface area contributed by atoms with Gasteiger partial charge in [0, 0.05) is 30.8 Å². The third kappa shape index (κ3) is 5.31. The number of ether oxygens (including phenoxy) is 1. The molecule has 7 heteroatoms. The molecule has 0 aliphatic carbocycles. The van der Waals surface area contributed by atoms with Crippen LogP contribution in [-0.2, 0) is 4.74 Å². The van der Waals surface area contributed by atoms with Crippen molar-refractivity contribution in [2.24, 2.45) is 0 Å². The van der Waals surface area contributed by atoms with Crippen LogP contribution in [0.1, 0.15) is 22.0 Å². The van der Waals surface area contributed by atoms with E-state index in [9.17, 15) is 9.18 Å². The topological polar surface area (TPSA) is 67.6 Å². The highest BCUT2D eigenvalue weighted by atomic mass is 19.1. The van der Waals surface area contributed by atoms with Gasteiger partial charge in [-0.3, -0.25) is 9.69 Å². The van der Waals surface area contributed by atoms with Crippen LogP contribution < -0.4 is 5.32 Å². The molecule has 0 radical (unpaired) electrons. The molecule has 1 N–H and O–H groups in total. The standard InChI is InChI=1S/C28H26FN3O3/c29-22-12-10-20(11-13-22)25(32-14-16-34-17-15-32)18-30-27(33)23-8-4-5-9-24(23)28-31-19-26(35-28)21-6-2-1-3-7-21/h1-13,19,25H,14-18H2,(H,30,33). The van der Waals surface area contributed by atoms with E-state index < -0.39 is 0 Å². The van der Waals surface area contributed by atoms with Gasteiger partial charge in [0.25, 0.3) is 5.91 Å². The van der Waals surface area contributed by atoms with Gasteiger partial charge in [-0.2, -0.15) is 0 Å². The Bertz CT molecular complexity index is 1270. The zero-order valence-corrected chi connectivity index (χ0v) is 19.2. The van der Waals surface area contributed by atoms with Gasteiger partial charge in [-0.25, -0.2) is 9.37 Å². The van der Waals surface area contributed by atoms with Crippen LogP contribution in [0.4, 0.5) is 4.39 Å². The molecule has 1 amide bonds. The van der Waals surface area contributed by atoms with Gasteiger partial charge in [-0.15, -0.1) is 0 Å². The summed E-state index contributed by atoms with van der Waals surface area (Å²) >= 11 is 0. The van der Waals surface area contributed by atoms with E-state index in [-0.39, 0.29) is 17.8 Å². The minimum atomic E-state index is -0.284. The number of benzene rings is 3. The number of oxazole rings is 1. The predicted molar refractivity (Wildman–Crippen MR) is 131 cm³/mol. The third-order valence-electron chi connectivity index (χ3n) is 6.16. The van der Waals surface area contributed by atoms with Crippen molar-refractivity contribution in [1.29, 1.82) is 0 Å². The normalized spacial score (nSPS) is 15.0. The minimum Gasteiger partial charge on any atom is -0.436 e. The molecule has 1 aliphatic rings. The Balaban J connectivity index is 1.36. The molecule has 0 spiro atoms. The number of halogens is 1. The Labute approximate surface area is 203 Å². The molecular weight excluding hydrogens is 445 g/mol. The van der Waals surface area contributed by atoms with Crippen molar-refractivity contribution >= 4 is 5.91 Å². The summed E-state index contributed by atoms with van der Waals surface area (Å²) in [6, 6.07) is 23.3. The van der Waals surface area contributed by atoms with Crippen molar-refractivity contribution in [2.75, 3.05) is 32.8 Å². The second-order valence-electron chi connectivity index (χ2n) is 8.37. The van der Waals surface area contributed by atoms with Crippen molar-refractivity contribution in [1.82, 2.24) is 15.2 Å². The number of carbonyl (C=O) groups excluding carboxylic acids is 1. The molecule has 6 nitrogen and oxygen atoms in total. The fourth-order valence-electron chi connectivity index (χ4n) is 4.32. The van der Waals surface area contributed by atoms with Gasteiger partial charge in [0.05, 0.1) is 31.0 Å². The van der Waals surface area contributed by atoms with Crippen LogP contribution >= 0.6 is 0 Å². The van der Waals surface area contributed by atoms with Crippen molar-refractivity contribution in [3.63, 3.8) is 0 Å². The van der Waals surface area contributed by atoms with Crippen LogP contribution in [0, 0.1) is 5.82 Å². The van der Waals surface area contributed by atoms with Crippen LogP contribution in [-0.4, -0.2) is 48.6 Å². The van der Waals surface area contributed by atoms with Gasteiger partial charge in [0.1, 0.15) is 5.82 Å². The summed E-state index contributed by atoms with van der Waals surface area (Å²) in [6.45, 7) is 3.12. The summed E-state index contributed by atoms with van der Waals surface area (Å²) in [6.07, 6.45) is 1.67. The number of hydrogen-bond donors (Lipinski definition) is 1. The first kappa shape index (κ1) is 23.0. The Kier molecular flexibility index (Phi) is 6.97. The summed E-state index contributed by atoms with van der Waals surface area (Å²) in [5, 5.41) is 3.07. The summed E-state index contributed by atoms with van der Waals surface area (Å²) in [5.74, 6) is 0.520. The fourth-order valence-corrected chi connectivity index (χ4v) is 4.32. The number of rotatable bonds is 7. The van der Waals surface area contributed by atoms with E-state index in [4.69, 9.17) is 9.15 Å². The average Bonchev–Trinajstić information content (AvgIpc) is 3.41. The van der Waals surface area contributed by atoms with Crippen molar-refractivity contribution < 1.29 is 18.3 Å². The second kappa shape index (κ2) is 10.6. The Morgan fingerprint density at radius 2 is 1.69 bits per heavy atom. The van der Waals surface area contributed by atoms with Gasteiger partial charge in [0.15, 0.2) is 5.76 Å². The molecular formula is C28H26FN3O3. The van der Waals surface area contributed by atoms with Crippen molar-refractivity contribution in [2.45, 2.75) is 6.04 Å². The molecule has 1 atom stereocenters. The van der Waals surface area contributed by atoms with Crippen LogP contribution in [0.5, 0.6) is 0 Å². The molecule has 4 aromatic rings. The maximum atomic E-state index is 13.5. The van der Waals surface area contributed by atoms with E-state index in [1.165, 1.54) is 12.1 Å². The first-order valence-corrected chi connectivity index (χ1v) is 11.6. The number of nitrogens with zero attached hydrogens (tertiary/aromatic N) is 2. The molecule has 1 aromatic heterocycles. The monoisotopic (exact) mass is 471 g/mol. The lowest BCUT2D eigenvalue weighted by molar-refractivity contribution is 0.0162. The van der Waals surface area contributed by atoms with E-state index in [0.717, 1.165) is 24.2 Å². The zero-order chi connectivity index (χ0) is 24.0. The minimum absolute atomic E-state index is 0.0953. The molecule has 35 heavy (non-hydrogen) atoms. The maximum Gasteiger partial charge on any atom is 0.252 e. The molecule has 3 aromatic carbocycles. The Morgan fingerprint density at radius 3 is 2.46 bits per heavy atom. The number of morpholine rings is 1. The number of carbonyl (C=O) groups is 1. The van der Waals surface area contributed by atoms with E-state index in [1.54, 1.807) is 24.4 Å². The summed E-state index contributed by atoms with van der Waals surface area (Å²) in [7, 11) is 0. The molecule has 5 rings (SSSR count). The first-order chi connectivity index (χ1) is 17.2. The molecule has 0 saturated carbocycles. The van der Waals surface area contributed by atoms with E-state index in [1.807, 2.05) is 48.5 Å². The van der Waals surface area contributed by atoms with Crippen molar-refractivity contribution in [3.8, 4) is 22.8 Å². The van der Waals surface area contributed by atoms with E-state index >= 15 is 0 Å². The first-order valence-electron chi connectivity index (χ1n) is 11.6. The smallest absolute Gasteiger partial charge is 0.252 e. The predicted octanol–water partition coefficient (Wildman–Crippen LogP) is 4.95. The Morgan fingerprint density at radius 1 is 0.971 bits per heavy atom. The SMILES string of the molecule is O=C(NCC(c1ccc(F)cc1)N1CCOCC1)c1ccccc1-c1ncc(-c2ccccc2)o1. The second-order valence-corrected chi connectivity index (χ2v) is 8.37. The highest BCUT2D eigenvalue weighted by molar-refractivity contribution is 6.00. The number of amides is 1.